The molecule has 94 valence electrons. The molecule has 0 saturated carbocycles. The molecule has 0 bridgehead atoms. The van der Waals surface area contributed by atoms with Crippen molar-refractivity contribution in [3.63, 3.8) is 0 Å². The van der Waals surface area contributed by atoms with Crippen LogP contribution in [0.4, 0.5) is 0 Å². The van der Waals surface area contributed by atoms with Crippen LogP contribution >= 0.6 is 0 Å². The van der Waals surface area contributed by atoms with Crippen LogP contribution in [0.1, 0.15) is 32.6 Å². The second-order valence-corrected chi connectivity index (χ2v) is 5.31. The molecule has 0 aromatic heterocycles. The molecule has 2 aliphatic rings. The summed E-state index contributed by atoms with van der Waals surface area (Å²) in [5.74, 6) is 0. The molecule has 0 aromatic rings. The molecular weight excluding hydrogens is 198 g/mol. The summed E-state index contributed by atoms with van der Waals surface area (Å²) in [5, 5.41) is 3.44. The highest BCUT2D eigenvalue weighted by atomic mass is 15.2. The fourth-order valence-electron chi connectivity index (χ4n) is 3.19. The fraction of sp³-hybridized carbons (Fsp3) is 1.00. The Morgan fingerprint density at radius 1 is 1.12 bits per heavy atom. The lowest BCUT2D eigenvalue weighted by Crippen LogP contribution is -2.53. The Hall–Kier alpha value is -0.120. The van der Waals surface area contributed by atoms with Crippen molar-refractivity contribution in [3.05, 3.63) is 0 Å². The topological polar surface area (TPSA) is 18.5 Å². The average molecular weight is 225 g/mol. The summed E-state index contributed by atoms with van der Waals surface area (Å²) in [5.41, 5.74) is 0. The largest absolute Gasteiger partial charge is 0.316 e. The molecule has 2 saturated heterocycles. The van der Waals surface area contributed by atoms with Crippen molar-refractivity contribution in [1.29, 1.82) is 0 Å². The minimum Gasteiger partial charge on any atom is -0.316 e. The van der Waals surface area contributed by atoms with Gasteiger partial charge in [0.2, 0.25) is 0 Å². The van der Waals surface area contributed by atoms with Crippen molar-refractivity contribution < 1.29 is 0 Å². The predicted molar refractivity (Wildman–Crippen MR) is 68.8 cm³/mol. The van der Waals surface area contributed by atoms with Crippen LogP contribution < -0.4 is 5.32 Å². The van der Waals surface area contributed by atoms with Gasteiger partial charge >= 0.3 is 0 Å². The quantitative estimate of drug-likeness (QED) is 0.777. The van der Waals surface area contributed by atoms with E-state index in [2.05, 4.69) is 29.1 Å². The third-order valence-corrected chi connectivity index (χ3v) is 4.31. The molecule has 0 spiro atoms. The number of nitrogens with one attached hydrogen (secondary N) is 1. The molecule has 16 heavy (non-hydrogen) atoms. The van der Waals surface area contributed by atoms with E-state index in [1.807, 2.05) is 0 Å². The van der Waals surface area contributed by atoms with Gasteiger partial charge in [-0.1, -0.05) is 6.92 Å². The number of likely N-dealkylation sites (tertiary alicyclic amines) is 2. The highest BCUT2D eigenvalue weighted by molar-refractivity contribution is 4.86. The third-order valence-electron chi connectivity index (χ3n) is 4.31. The van der Waals surface area contributed by atoms with Crippen molar-refractivity contribution in [3.8, 4) is 0 Å². The molecule has 2 unspecified atom stereocenters. The first kappa shape index (κ1) is 12.3. The van der Waals surface area contributed by atoms with Crippen LogP contribution in [0.2, 0.25) is 0 Å². The highest BCUT2D eigenvalue weighted by Gasteiger charge is 2.28. The summed E-state index contributed by atoms with van der Waals surface area (Å²) < 4.78 is 0. The maximum Gasteiger partial charge on any atom is 0.0224 e. The Morgan fingerprint density at radius 3 is 2.69 bits per heavy atom. The predicted octanol–water partition coefficient (Wildman–Crippen LogP) is 1.15. The van der Waals surface area contributed by atoms with Gasteiger partial charge in [-0.15, -0.1) is 0 Å². The first-order chi connectivity index (χ1) is 7.83. The van der Waals surface area contributed by atoms with Crippen molar-refractivity contribution in [2.45, 2.75) is 44.7 Å². The lowest BCUT2D eigenvalue weighted by Gasteiger charge is -2.42. The zero-order valence-corrected chi connectivity index (χ0v) is 10.9. The molecule has 2 fully saturated rings. The van der Waals surface area contributed by atoms with Crippen LogP contribution in [0.3, 0.4) is 0 Å². The van der Waals surface area contributed by atoms with Gasteiger partial charge in [0.15, 0.2) is 0 Å². The van der Waals surface area contributed by atoms with Gasteiger partial charge in [-0.05, 0) is 52.4 Å². The van der Waals surface area contributed by atoms with E-state index in [0.717, 1.165) is 12.1 Å². The van der Waals surface area contributed by atoms with Crippen molar-refractivity contribution in [2.24, 2.45) is 0 Å². The minimum atomic E-state index is 0.728. The molecule has 2 heterocycles. The van der Waals surface area contributed by atoms with Gasteiger partial charge in [-0.25, -0.2) is 0 Å². The van der Waals surface area contributed by atoms with Crippen molar-refractivity contribution in [2.75, 3.05) is 39.8 Å². The number of piperidine rings is 2. The highest BCUT2D eigenvalue weighted by Crippen LogP contribution is 2.20. The summed E-state index contributed by atoms with van der Waals surface area (Å²) in [7, 11) is 2.10. The number of hydrogen-bond donors (Lipinski definition) is 1. The molecule has 2 atom stereocenters. The number of likely N-dealkylation sites (N-methyl/N-ethyl adjacent to an activating group) is 2. The second kappa shape index (κ2) is 5.99. The van der Waals surface area contributed by atoms with Gasteiger partial charge in [0.25, 0.3) is 0 Å². The van der Waals surface area contributed by atoms with Gasteiger partial charge < -0.3 is 10.2 Å². The molecule has 0 radical (unpaired) electrons. The van der Waals surface area contributed by atoms with E-state index in [1.165, 1.54) is 58.4 Å². The summed E-state index contributed by atoms with van der Waals surface area (Å²) in [6, 6.07) is 1.55. The van der Waals surface area contributed by atoms with Crippen molar-refractivity contribution in [1.82, 2.24) is 15.1 Å². The monoisotopic (exact) mass is 225 g/mol. The lowest BCUT2D eigenvalue weighted by atomic mass is 9.99. The van der Waals surface area contributed by atoms with Crippen LogP contribution in [0, 0.1) is 0 Å². The Morgan fingerprint density at radius 2 is 1.94 bits per heavy atom. The molecule has 0 amide bonds. The maximum atomic E-state index is 3.44. The molecular formula is C13H27N3. The van der Waals surface area contributed by atoms with Gasteiger partial charge in [-0.2, -0.15) is 0 Å². The lowest BCUT2D eigenvalue weighted by molar-refractivity contribution is 0.0745. The number of rotatable bonds is 3. The van der Waals surface area contributed by atoms with Crippen LogP contribution in [-0.4, -0.2) is 61.7 Å². The van der Waals surface area contributed by atoms with Gasteiger partial charge in [0.1, 0.15) is 0 Å². The Balaban J connectivity index is 1.85. The standard InChI is InChI=1S/C13H27N3/c1-3-15-8-5-7-13(11-15)16-9-4-6-12(10-16)14-2/h12-14H,3-11H2,1-2H3. The summed E-state index contributed by atoms with van der Waals surface area (Å²) in [4.78, 5) is 5.34. The van der Waals surface area contributed by atoms with E-state index in [1.54, 1.807) is 0 Å². The van der Waals surface area contributed by atoms with Crippen LogP contribution in [0.25, 0.3) is 0 Å². The van der Waals surface area contributed by atoms with Gasteiger partial charge in [-0.3, -0.25) is 4.90 Å². The Bertz CT molecular complexity index is 185. The third kappa shape index (κ3) is 2.96. The van der Waals surface area contributed by atoms with Crippen LogP contribution in [0.15, 0.2) is 0 Å². The average Bonchev–Trinajstić information content (AvgIpc) is 2.39. The minimum absolute atomic E-state index is 0.728. The molecule has 2 rings (SSSR count). The van der Waals surface area contributed by atoms with Crippen molar-refractivity contribution >= 4 is 0 Å². The van der Waals surface area contributed by atoms with E-state index in [-0.39, 0.29) is 0 Å². The van der Waals surface area contributed by atoms with Crippen LogP contribution in [-0.2, 0) is 0 Å². The fourth-order valence-corrected chi connectivity index (χ4v) is 3.19. The molecule has 1 N–H and O–H groups in total. The maximum absolute atomic E-state index is 3.44. The normalized spacial score (nSPS) is 34.1. The number of hydrogen-bond acceptors (Lipinski definition) is 3. The Labute approximate surface area is 100 Å². The molecule has 0 aliphatic carbocycles. The first-order valence-electron chi connectivity index (χ1n) is 6.97. The molecule has 0 aromatic carbocycles. The first-order valence-corrected chi connectivity index (χ1v) is 6.97. The summed E-state index contributed by atoms with van der Waals surface area (Å²) in [6.07, 6.45) is 5.53. The van der Waals surface area contributed by atoms with Crippen LogP contribution in [0.5, 0.6) is 0 Å². The summed E-state index contributed by atoms with van der Waals surface area (Å²) >= 11 is 0. The number of nitrogens with zero attached hydrogens (tertiary/aromatic N) is 2. The van der Waals surface area contributed by atoms with E-state index in [0.29, 0.717) is 0 Å². The van der Waals surface area contributed by atoms with E-state index < -0.39 is 0 Å². The zero-order valence-electron chi connectivity index (χ0n) is 10.9. The second-order valence-electron chi connectivity index (χ2n) is 5.31. The Kier molecular flexibility index (Phi) is 4.62. The summed E-state index contributed by atoms with van der Waals surface area (Å²) in [6.45, 7) is 8.71. The van der Waals surface area contributed by atoms with Gasteiger partial charge in [0.05, 0.1) is 0 Å². The van der Waals surface area contributed by atoms with E-state index in [9.17, 15) is 0 Å². The molecule has 3 nitrogen and oxygen atoms in total. The molecule has 3 heteroatoms. The smallest absolute Gasteiger partial charge is 0.0224 e. The van der Waals surface area contributed by atoms with E-state index in [4.69, 9.17) is 0 Å². The molecule has 2 aliphatic heterocycles. The van der Waals surface area contributed by atoms with Gasteiger partial charge in [0, 0.05) is 25.2 Å². The van der Waals surface area contributed by atoms with E-state index >= 15 is 0 Å². The zero-order chi connectivity index (χ0) is 11.4. The SMILES string of the molecule is CCN1CCCC(N2CCCC(NC)C2)C1.